The molecule has 3 N–H and O–H groups in total. The Morgan fingerprint density at radius 2 is 2.40 bits per heavy atom. The fraction of sp³-hybridized carbons (Fsp3) is 0.250. The lowest BCUT2D eigenvalue weighted by Crippen LogP contribution is -2.32. The molecule has 0 fully saturated rings. The average molecular weight is 264 g/mol. The molecule has 0 aliphatic heterocycles. The van der Waals surface area contributed by atoms with Crippen LogP contribution in [0.3, 0.4) is 0 Å². The van der Waals surface area contributed by atoms with E-state index in [9.17, 15) is 4.79 Å². The van der Waals surface area contributed by atoms with Crippen LogP contribution in [0.5, 0.6) is 0 Å². The van der Waals surface area contributed by atoms with E-state index in [2.05, 4.69) is 10.3 Å². The number of hydrogen-bond acceptors (Lipinski definition) is 5. The summed E-state index contributed by atoms with van der Waals surface area (Å²) >= 11 is 3.09. The Kier molecular flexibility index (Phi) is 4.04. The molecule has 0 spiro atoms. The number of nitrogens with zero attached hydrogens (tertiary/aromatic N) is 1. The monoisotopic (exact) mass is 263 g/mol. The molecule has 0 saturated carbocycles. The van der Waals surface area contributed by atoms with E-state index in [1.807, 2.05) is 11.4 Å². The molecule has 0 radical (unpaired) electrons. The first-order valence-corrected chi connectivity index (χ1v) is 5.77. The van der Waals surface area contributed by atoms with Crippen LogP contribution in [0.4, 0.5) is 5.13 Å². The molecule has 0 bridgehead atoms. The first-order valence-electron chi connectivity index (χ1n) is 4.07. The molecule has 15 heavy (non-hydrogen) atoms. The average Bonchev–Trinajstić information content (AvgIpc) is 2.63. The summed E-state index contributed by atoms with van der Waals surface area (Å²) in [5.41, 5.74) is 6.35. The van der Waals surface area contributed by atoms with E-state index >= 15 is 0 Å². The first kappa shape index (κ1) is 12.4. The van der Waals surface area contributed by atoms with Crippen LogP contribution < -0.4 is 11.1 Å². The summed E-state index contributed by atoms with van der Waals surface area (Å²) in [7, 11) is 0. The van der Waals surface area contributed by atoms with E-state index in [1.165, 1.54) is 11.3 Å². The summed E-state index contributed by atoms with van der Waals surface area (Å²) in [6, 6.07) is 1.43. The molecule has 7 heteroatoms. The Hall–Kier alpha value is -0.690. The number of nitrogens with one attached hydrogen (secondary N) is 1. The number of amides is 1. The molecule has 0 aliphatic carbocycles. The van der Waals surface area contributed by atoms with E-state index in [4.69, 9.17) is 5.73 Å². The minimum absolute atomic E-state index is 0. The van der Waals surface area contributed by atoms with E-state index in [0.717, 1.165) is 9.53 Å². The van der Waals surface area contributed by atoms with Crippen LogP contribution in [-0.2, 0) is 4.79 Å². The van der Waals surface area contributed by atoms with Crippen LogP contribution in [0.25, 0.3) is 9.53 Å². The molecule has 2 aromatic heterocycles. The number of carbonyl (C=O) groups excluding carboxylic acids is 1. The highest BCUT2D eigenvalue weighted by atomic mass is 35.5. The highest BCUT2D eigenvalue weighted by molar-refractivity contribution is 7.39. The zero-order valence-corrected chi connectivity index (χ0v) is 10.3. The molecule has 2 aromatic rings. The molecule has 1 atom stereocenters. The van der Waals surface area contributed by atoms with Gasteiger partial charge in [-0.05, 0) is 18.4 Å². The number of carbonyl (C=O) groups is 1. The second kappa shape index (κ2) is 4.89. The zero-order valence-electron chi connectivity index (χ0n) is 7.89. The normalized spacial score (nSPS) is 12.1. The van der Waals surface area contributed by atoms with Crippen molar-refractivity contribution in [2.45, 2.75) is 13.0 Å². The Labute approximate surface area is 101 Å². The van der Waals surface area contributed by atoms with Crippen molar-refractivity contribution < 1.29 is 4.79 Å². The number of hydrogen-bond donors (Lipinski definition) is 2. The van der Waals surface area contributed by atoms with E-state index in [1.54, 1.807) is 18.3 Å². The maximum absolute atomic E-state index is 11.2. The van der Waals surface area contributed by atoms with Gasteiger partial charge in [-0.1, -0.05) is 11.3 Å². The van der Waals surface area contributed by atoms with Crippen molar-refractivity contribution in [1.82, 2.24) is 4.98 Å². The van der Waals surface area contributed by atoms with Gasteiger partial charge < -0.3 is 11.1 Å². The summed E-state index contributed by atoms with van der Waals surface area (Å²) in [6.07, 6.45) is 0. The molecule has 0 saturated heterocycles. The van der Waals surface area contributed by atoms with E-state index in [0.29, 0.717) is 5.13 Å². The van der Waals surface area contributed by atoms with Crippen molar-refractivity contribution in [3.05, 3.63) is 11.4 Å². The van der Waals surface area contributed by atoms with Gasteiger partial charge >= 0.3 is 0 Å². The van der Waals surface area contributed by atoms with Crippen LogP contribution >= 0.6 is 35.1 Å². The zero-order chi connectivity index (χ0) is 10.1. The number of thiazole rings is 1. The molecular weight excluding hydrogens is 254 g/mol. The number of thiophene rings is 1. The van der Waals surface area contributed by atoms with Crippen LogP contribution in [0.15, 0.2) is 11.4 Å². The second-order valence-corrected chi connectivity index (χ2v) is 5.06. The first-order chi connectivity index (χ1) is 6.66. The predicted molar refractivity (Wildman–Crippen MR) is 67.0 cm³/mol. The third-order valence-corrected chi connectivity index (χ3v) is 3.68. The quantitative estimate of drug-likeness (QED) is 0.872. The van der Waals surface area contributed by atoms with Crippen LogP contribution in [0.1, 0.15) is 6.92 Å². The van der Waals surface area contributed by atoms with Gasteiger partial charge in [0.2, 0.25) is 5.91 Å². The van der Waals surface area contributed by atoms with Gasteiger partial charge in [-0.3, -0.25) is 4.79 Å². The van der Waals surface area contributed by atoms with Crippen molar-refractivity contribution in [1.29, 1.82) is 0 Å². The highest BCUT2D eigenvalue weighted by Crippen LogP contribution is 2.30. The van der Waals surface area contributed by atoms with Gasteiger partial charge in [0.1, 0.15) is 4.01 Å². The van der Waals surface area contributed by atoms with Crippen molar-refractivity contribution in [2.75, 3.05) is 5.32 Å². The van der Waals surface area contributed by atoms with Crippen molar-refractivity contribution in [2.24, 2.45) is 5.73 Å². The highest BCUT2D eigenvalue weighted by Gasteiger charge is 2.11. The van der Waals surface area contributed by atoms with Gasteiger partial charge in [0.05, 0.1) is 11.6 Å². The lowest BCUT2D eigenvalue weighted by atomic mass is 10.3. The van der Waals surface area contributed by atoms with E-state index < -0.39 is 6.04 Å². The number of fused-ring (bicyclic) bond motifs is 1. The lowest BCUT2D eigenvalue weighted by Gasteiger charge is -2.02. The maximum Gasteiger partial charge on any atom is 0.242 e. The van der Waals surface area contributed by atoms with Crippen molar-refractivity contribution >= 4 is 55.6 Å². The third-order valence-electron chi connectivity index (χ3n) is 1.67. The van der Waals surface area contributed by atoms with E-state index in [-0.39, 0.29) is 18.3 Å². The fourth-order valence-electron chi connectivity index (χ4n) is 0.941. The summed E-state index contributed by atoms with van der Waals surface area (Å²) in [4.78, 5) is 15.5. The number of aromatic nitrogens is 1. The van der Waals surface area contributed by atoms with Gasteiger partial charge in [-0.2, -0.15) is 0 Å². The minimum Gasteiger partial charge on any atom is -0.320 e. The number of halogens is 1. The van der Waals surface area contributed by atoms with Crippen molar-refractivity contribution in [3.8, 4) is 0 Å². The molecule has 0 aliphatic rings. The molecule has 2 rings (SSSR count). The van der Waals surface area contributed by atoms with Gasteiger partial charge in [0.25, 0.3) is 0 Å². The summed E-state index contributed by atoms with van der Waals surface area (Å²) in [5.74, 6) is -0.202. The van der Waals surface area contributed by atoms with Gasteiger partial charge in [-0.25, -0.2) is 4.98 Å². The van der Waals surface area contributed by atoms with Gasteiger partial charge in [0.15, 0.2) is 5.13 Å². The predicted octanol–water partition coefficient (Wildman–Crippen LogP) is 2.07. The Bertz CT molecular complexity index is 437. The van der Waals surface area contributed by atoms with Gasteiger partial charge in [-0.15, -0.1) is 23.7 Å². The summed E-state index contributed by atoms with van der Waals surface area (Å²) in [5, 5.41) is 5.26. The van der Waals surface area contributed by atoms with Crippen LogP contribution in [0.2, 0.25) is 0 Å². The SMILES string of the molecule is CC(N)C(=O)Nc1nc2ccsc2s1.Cl. The standard InChI is InChI=1S/C8H9N3OS2.ClH/c1-4(9)6(12)11-8-10-5-2-3-13-7(5)14-8;/h2-4H,9H2,1H3,(H,10,11,12);1H. The fourth-order valence-corrected chi connectivity index (χ4v) is 2.78. The van der Waals surface area contributed by atoms with Crippen LogP contribution in [-0.4, -0.2) is 16.9 Å². The molecule has 1 unspecified atom stereocenters. The second-order valence-electron chi connectivity index (χ2n) is 2.89. The largest absolute Gasteiger partial charge is 0.320 e. The van der Waals surface area contributed by atoms with Gasteiger partial charge in [0, 0.05) is 0 Å². The molecule has 4 nitrogen and oxygen atoms in total. The Morgan fingerprint density at radius 3 is 3.00 bits per heavy atom. The topological polar surface area (TPSA) is 68.0 Å². The molecule has 1 amide bonds. The number of rotatable bonds is 2. The molecule has 0 aromatic carbocycles. The summed E-state index contributed by atoms with van der Waals surface area (Å²) in [6.45, 7) is 1.64. The Balaban J connectivity index is 0.00000112. The smallest absolute Gasteiger partial charge is 0.242 e. The Morgan fingerprint density at radius 1 is 1.67 bits per heavy atom. The third kappa shape index (κ3) is 2.66. The lowest BCUT2D eigenvalue weighted by molar-refractivity contribution is -0.117. The van der Waals surface area contributed by atoms with Crippen molar-refractivity contribution in [3.63, 3.8) is 0 Å². The molecular formula is C8H10ClN3OS2. The molecule has 82 valence electrons. The van der Waals surface area contributed by atoms with Crippen LogP contribution in [0, 0.1) is 0 Å². The number of anilines is 1. The minimum atomic E-state index is -0.503. The number of nitrogens with two attached hydrogens (primary N) is 1. The maximum atomic E-state index is 11.2. The summed E-state index contributed by atoms with van der Waals surface area (Å²) < 4.78 is 1.12. The molecule has 2 heterocycles.